The first-order valence-electron chi connectivity index (χ1n) is 10.1. The smallest absolute Gasteiger partial charge is 0.214 e. The van der Waals surface area contributed by atoms with Crippen LogP contribution in [0.2, 0.25) is 5.02 Å². The van der Waals surface area contributed by atoms with Gasteiger partial charge in [0, 0.05) is 37.3 Å². The van der Waals surface area contributed by atoms with Crippen LogP contribution in [0.4, 0.5) is 4.39 Å². The van der Waals surface area contributed by atoms with E-state index in [0.29, 0.717) is 55.2 Å². The number of hydrogen-bond donors (Lipinski definition) is 2. The molecule has 30 heavy (non-hydrogen) atoms. The number of guanidine groups is 1. The molecule has 0 amide bonds. The zero-order chi connectivity index (χ0) is 21.7. The first-order valence-corrected chi connectivity index (χ1v) is 10.4. The van der Waals surface area contributed by atoms with Crippen LogP contribution < -0.4 is 10.6 Å². The number of nitrogens with zero attached hydrogens (tertiary/aromatic N) is 3. The van der Waals surface area contributed by atoms with Crippen molar-refractivity contribution in [1.29, 1.82) is 0 Å². The third-order valence-corrected chi connectivity index (χ3v) is 5.54. The Morgan fingerprint density at radius 2 is 2.20 bits per heavy atom. The lowest BCUT2D eigenvalue weighted by Gasteiger charge is -2.38. The summed E-state index contributed by atoms with van der Waals surface area (Å²) in [5, 5.41) is 6.89. The van der Waals surface area contributed by atoms with Crippen LogP contribution in [0.5, 0.6) is 0 Å². The van der Waals surface area contributed by atoms with Crippen molar-refractivity contribution in [3.05, 3.63) is 51.9 Å². The van der Waals surface area contributed by atoms with Crippen LogP contribution >= 0.6 is 11.6 Å². The summed E-state index contributed by atoms with van der Waals surface area (Å²) in [7, 11) is 1.68. The molecule has 1 saturated heterocycles. The van der Waals surface area contributed by atoms with Crippen molar-refractivity contribution in [3.8, 4) is 0 Å². The van der Waals surface area contributed by atoms with Crippen LogP contribution in [0, 0.1) is 19.7 Å². The fourth-order valence-corrected chi connectivity index (χ4v) is 3.85. The Balaban J connectivity index is 1.72. The SMILES string of the molecule is CN=C(NCc1nc(C)c(C)o1)NCC(c1c(F)cccc1Cl)N1CCOC(C)C1. The number of aromatic nitrogens is 1. The van der Waals surface area contributed by atoms with Gasteiger partial charge in [-0.15, -0.1) is 0 Å². The van der Waals surface area contributed by atoms with Gasteiger partial charge in [0.25, 0.3) is 0 Å². The van der Waals surface area contributed by atoms with Gasteiger partial charge in [0.15, 0.2) is 5.96 Å². The molecule has 1 aliphatic rings. The second-order valence-electron chi connectivity index (χ2n) is 7.38. The van der Waals surface area contributed by atoms with Gasteiger partial charge in [-0.1, -0.05) is 17.7 Å². The van der Waals surface area contributed by atoms with E-state index in [4.69, 9.17) is 20.8 Å². The van der Waals surface area contributed by atoms with Crippen LogP contribution in [0.3, 0.4) is 0 Å². The minimum Gasteiger partial charge on any atom is -0.444 e. The van der Waals surface area contributed by atoms with Crippen molar-refractivity contribution >= 4 is 17.6 Å². The van der Waals surface area contributed by atoms with E-state index < -0.39 is 0 Å². The molecular formula is C21H29ClFN5O2. The fraction of sp³-hybridized carbons (Fsp3) is 0.524. The van der Waals surface area contributed by atoms with E-state index in [-0.39, 0.29) is 18.0 Å². The molecule has 164 valence electrons. The summed E-state index contributed by atoms with van der Waals surface area (Å²) in [6.07, 6.45) is 0.0701. The number of nitrogens with one attached hydrogen (secondary N) is 2. The predicted molar refractivity (Wildman–Crippen MR) is 115 cm³/mol. The molecular weight excluding hydrogens is 409 g/mol. The van der Waals surface area contributed by atoms with Gasteiger partial charge >= 0.3 is 0 Å². The molecule has 7 nitrogen and oxygen atoms in total. The van der Waals surface area contributed by atoms with Crippen molar-refractivity contribution in [2.75, 3.05) is 33.3 Å². The fourth-order valence-electron chi connectivity index (χ4n) is 3.56. The first kappa shape index (κ1) is 22.5. The summed E-state index contributed by atoms with van der Waals surface area (Å²) in [5.74, 6) is 1.64. The summed E-state index contributed by atoms with van der Waals surface area (Å²) in [5.41, 5.74) is 1.35. The van der Waals surface area contributed by atoms with Crippen molar-refractivity contribution in [2.24, 2.45) is 4.99 Å². The standard InChI is InChI=1S/C21H29ClFN5O2/c1-13-12-28(8-9-29-13)18(20-16(22)6-5-7-17(20)23)10-25-21(24-4)26-11-19-27-14(2)15(3)30-19/h5-7,13,18H,8-12H2,1-4H3,(H2,24,25,26). The minimum absolute atomic E-state index is 0.0701. The van der Waals surface area contributed by atoms with Crippen LogP contribution in [0.15, 0.2) is 27.6 Å². The zero-order valence-corrected chi connectivity index (χ0v) is 18.6. The maximum atomic E-state index is 14.7. The molecule has 2 N–H and O–H groups in total. The summed E-state index contributed by atoms with van der Waals surface area (Å²) in [4.78, 5) is 10.8. The van der Waals surface area contributed by atoms with Crippen molar-refractivity contribution in [3.63, 3.8) is 0 Å². The van der Waals surface area contributed by atoms with Crippen molar-refractivity contribution < 1.29 is 13.5 Å². The number of oxazole rings is 1. The average Bonchev–Trinajstić information content (AvgIpc) is 3.03. The molecule has 1 aromatic heterocycles. The second-order valence-corrected chi connectivity index (χ2v) is 7.79. The molecule has 2 atom stereocenters. The number of ether oxygens (including phenoxy) is 1. The Morgan fingerprint density at radius 1 is 1.40 bits per heavy atom. The van der Waals surface area contributed by atoms with Crippen LogP contribution in [0.1, 0.15) is 35.9 Å². The van der Waals surface area contributed by atoms with Gasteiger partial charge in [-0.05, 0) is 32.9 Å². The molecule has 1 aliphatic heterocycles. The number of aryl methyl sites for hydroxylation is 2. The molecule has 2 aromatic rings. The first-order chi connectivity index (χ1) is 14.4. The molecule has 3 rings (SSSR count). The number of aliphatic imine (C=N–C) groups is 1. The molecule has 1 fully saturated rings. The monoisotopic (exact) mass is 437 g/mol. The lowest BCUT2D eigenvalue weighted by atomic mass is 10.0. The zero-order valence-electron chi connectivity index (χ0n) is 17.8. The van der Waals surface area contributed by atoms with E-state index in [1.807, 2.05) is 20.8 Å². The summed E-state index contributed by atoms with van der Waals surface area (Å²) in [6, 6.07) is 4.51. The highest BCUT2D eigenvalue weighted by molar-refractivity contribution is 6.31. The normalized spacial score (nSPS) is 19.0. The Kier molecular flexibility index (Phi) is 7.69. The molecule has 0 radical (unpaired) electrons. The highest BCUT2D eigenvalue weighted by Gasteiger charge is 2.29. The third kappa shape index (κ3) is 5.50. The lowest BCUT2D eigenvalue weighted by molar-refractivity contribution is -0.0343. The maximum absolute atomic E-state index is 14.7. The molecule has 0 saturated carbocycles. The van der Waals surface area contributed by atoms with Gasteiger partial charge < -0.3 is 19.8 Å². The number of benzene rings is 1. The topological polar surface area (TPSA) is 74.9 Å². The van der Waals surface area contributed by atoms with Gasteiger partial charge in [0.2, 0.25) is 5.89 Å². The van der Waals surface area contributed by atoms with Gasteiger partial charge in [0.05, 0.1) is 31.0 Å². The van der Waals surface area contributed by atoms with E-state index in [0.717, 1.165) is 11.5 Å². The molecule has 2 unspecified atom stereocenters. The summed E-state index contributed by atoms with van der Waals surface area (Å²) >= 11 is 6.40. The van der Waals surface area contributed by atoms with Crippen LogP contribution in [0.25, 0.3) is 0 Å². The average molecular weight is 438 g/mol. The Bertz CT molecular complexity index is 849. The highest BCUT2D eigenvalue weighted by atomic mass is 35.5. The largest absolute Gasteiger partial charge is 0.444 e. The van der Waals surface area contributed by atoms with Crippen molar-refractivity contribution in [2.45, 2.75) is 39.5 Å². The van der Waals surface area contributed by atoms with Gasteiger partial charge in [-0.2, -0.15) is 0 Å². The van der Waals surface area contributed by atoms with E-state index in [1.54, 1.807) is 19.2 Å². The van der Waals surface area contributed by atoms with Gasteiger partial charge in [-0.25, -0.2) is 9.37 Å². The Labute approximate surface area is 181 Å². The van der Waals surface area contributed by atoms with E-state index in [9.17, 15) is 4.39 Å². The third-order valence-electron chi connectivity index (χ3n) is 5.21. The minimum atomic E-state index is -0.317. The maximum Gasteiger partial charge on any atom is 0.214 e. The lowest BCUT2D eigenvalue weighted by Crippen LogP contribution is -2.48. The molecule has 2 heterocycles. The van der Waals surface area contributed by atoms with Gasteiger partial charge in [-0.3, -0.25) is 9.89 Å². The second kappa shape index (κ2) is 10.2. The van der Waals surface area contributed by atoms with E-state index in [2.05, 4.69) is 25.5 Å². The quantitative estimate of drug-likeness (QED) is 0.534. The molecule has 1 aromatic carbocycles. The molecule has 0 aliphatic carbocycles. The molecule has 0 spiro atoms. The number of morpholine rings is 1. The Morgan fingerprint density at radius 3 is 2.83 bits per heavy atom. The predicted octanol–water partition coefficient (Wildman–Crippen LogP) is 3.21. The summed E-state index contributed by atoms with van der Waals surface area (Å²) < 4.78 is 26.0. The number of hydrogen-bond acceptors (Lipinski definition) is 5. The van der Waals surface area contributed by atoms with Crippen LogP contribution in [-0.2, 0) is 11.3 Å². The van der Waals surface area contributed by atoms with E-state index >= 15 is 0 Å². The van der Waals surface area contributed by atoms with Gasteiger partial charge in [0.1, 0.15) is 11.6 Å². The number of halogens is 2. The Hall–Kier alpha value is -2.16. The summed E-state index contributed by atoms with van der Waals surface area (Å²) in [6.45, 7) is 8.61. The number of rotatable bonds is 6. The van der Waals surface area contributed by atoms with Crippen LogP contribution in [-0.4, -0.2) is 55.2 Å². The highest BCUT2D eigenvalue weighted by Crippen LogP contribution is 2.31. The molecule has 9 heteroatoms. The van der Waals surface area contributed by atoms with E-state index in [1.165, 1.54) is 6.07 Å². The molecule has 0 bridgehead atoms. The van der Waals surface area contributed by atoms with Crippen molar-refractivity contribution in [1.82, 2.24) is 20.5 Å².